The van der Waals surface area contributed by atoms with Gasteiger partial charge in [0, 0.05) is 20.2 Å². The summed E-state index contributed by atoms with van der Waals surface area (Å²) in [7, 11) is 1.69. The van der Waals surface area contributed by atoms with Crippen molar-refractivity contribution in [3.05, 3.63) is 0 Å². The first kappa shape index (κ1) is 10.1. The summed E-state index contributed by atoms with van der Waals surface area (Å²) in [5.41, 5.74) is 5.48. The van der Waals surface area contributed by atoms with Gasteiger partial charge >= 0.3 is 0 Å². The molecule has 1 aliphatic heterocycles. The normalized spacial score (nSPS) is 30.6. The Morgan fingerprint density at radius 1 is 1.69 bits per heavy atom. The lowest BCUT2D eigenvalue weighted by atomic mass is 9.96. The van der Waals surface area contributed by atoms with Crippen LogP contribution >= 0.6 is 0 Å². The molecule has 2 atom stereocenters. The van der Waals surface area contributed by atoms with Gasteiger partial charge in [0.2, 0.25) is 5.96 Å². The lowest BCUT2D eigenvalue weighted by Gasteiger charge is -2.36. The van der Waals surface area contributed by atoms with Crippen molar-refractivity contribution in [3.63, 3.8) is 0 Å². The summed E-state index contributed by atoms with van der Waals surface area (Å²) in [6.07, 6.45) is 1.18. The number of piperidine rings is 1. The van der Waals surface area contributed by atoms with Crippen LogP contribution in [-0.4, -0.2) is 42.4 Å². The Balaban J connectivity index is 2.54. The maximum atomic E-state index is 8.49. The summed E-state index contributed by atoms with van der Waals surface area (Å²) in [6, 6.07) is 0. The van der Waals surface area contributed by atoms with Crippen LogP contribution in [0.4, 0.5) is 0 Å². The molecule has 0 saturated carbocycles. The molecule has 0 aromatic carbocycles. The van der Waals surface area contributed by atoms with E-state index >= 15 is 0 Å². The second-order valence-corrected chi connectivity index (χ2v) is 3.44. The largest absolute Gasteiger partial charge is 0.408 e. The van der Waals surface area contributed by atoms with Crippen LogP contribution in [0.15, 0.2) is 5.16 Å². The standard InChI is InChI=1S/C8H17N3O2/c1-6-3-4-11(8(9)10-12)5-7(6)13-2/h6-7,12H,3-5H2,1-2H3,(H2,9,10). The van der Waals surface area contributed by atoms with Gasteiger partial charge in [0.1, 0.15) is 0 Å². The number of likely N-dealkylation sites (tertiary alicyclic amines) is 1. The molecule has 0 bridgehead atoms. The van der Waals surface area contributed by atoms with Gasteiger partial charge in [0.05, 0.1) is 6.10 Å². The van der Waals surface area contributed by atoms with Crippen molar-refractivity contribution in [1.82, 2.24) is 4.90 Å². The summed E-state index contributed by atoms with van der Waals surface area (Å²) in [4.78, 5) is 1.83. The van der Waals surface area contributed by atoms with Crippen molar-refractivity contribution in [1.29, 1.82) is 0 Å². The monoisotopic (exact) mass is 187 g/mol. The van der Waals surface area contributed by atoms with Gasteiger partial charge in [-0.15, -0.1) is 0 Å². The number of hydrogen-bond donors (Lipinski definition) is 2. The average Bonchev–Trinajstić information content (AvgIpc) is 2.17. The fraction of sp³-hybridized carbons (Fsp3) is 0.875. The molecule has 0 amide bonds. The molecular weight excluding hydrogens is 170 g/mol. The van der Waals surface area contributed by atoms with Crippen LogP contribution in [0.3, 0.4) is 0 Å². The second-order valence-electron chi connectivity index (χ2n) is 3.44. The quantitative estimate of drug-likeness (QED) is 0.263. The highest BCUT2D eigenvalue weighted by Crippen LogP contribution is 2.18. The van der Waals surface area contributed by atoms with Crippen LogP contribution in [0.2, 0.25) is 0 Å². The molecule has 2 unspecified atom stereocenters. The number of oxime groups is 1. The van der Waals surface area contributed by atoms with Gasteiger partial charge in [-0.1, -0.05) is 12.1 Å². The van der Waals surface area contributed by atoms with Crippen LogP contribution in [0.25, 0.3) is 0 Å². The predicted octanol–water partition coefficient (Wildman–Crippen LogP) is 0.0471. The van der Waals surface area contributed by atoms with Crippen LogP contribution in [0.5, 0.6) is 0 Å². The average molecular weight is 187 g/mol. The third-order valence-corrected chi connectivity index (χ3v) is 2.62. The minimum Gasteiger partial charge on any atom is -0.408 e. The van der Waals surface area contributed by atoms with Gasteiger partial charge in [-0.05, 0) is 12.3 Å². The van der Waals surface area contributed by atoms with Gasteiger partial charge in [-0.25, -0.2) is 0 Å². The van der Waals surface area contributed by atoms with Crippen LogP contribution in [-0.2, 0) is 4.74 Å². The molecular formula is C8H17N3O2. The van der Waals surface area contributed by atoms with Gasteiger partial charge in [-0.2, -0.15) is 0 Å². The van der Waals surface area contributed by atoms with Gasteiger partial charge in [0.25, 0.3) is 0 Å². The molecule has 0 aromatic rings. The Labute approximate surface area is 78.1 Å². The number of nitrogens with two attached hydrogens (primary N) is 1. The summed E-state index contributed by atoms with van der Waals surface area (Å²) in [6.45, 7) is 3.68. The highest BCUT2D eigenvalue weighted by molar-refractivity contribution is 5.77. The Hall–Kier alpha value is -0.970. The van der Waals surface area contributed by atoms with Crippen molar-refractivity contribution in [3.8, 4) is 0 Å². The maximum Gasteiger partial charge on any atom is 0.233 e. The molecule has 13 heavy (non-hydrogen) atoms. The van der Waals surface area contributed by atoms with Crippen LogP contribution in [0, 0.1) is 5.92 Å². The lowest BCUT2D eigenvalue weighted by molar-refractivity contribution is 0.0138. The van der Waals surface area contributed by atoms with E-state index in [0.717, 1.165) is 13.0 Å². The minimum atomic E-state index is 0.175. The van der Waals surface area contributed by atoms with Crippen LogP contribution in [0.1, 0.15) is 13.3 Å². The summed E-state index contributed by atoms with van der Waals surface area (Å²) in [5, 5.41) is 11.5. The maximum absolute atomic E-state index is 8.49. The first-order valence-corrected chi connectivity index (χ1v) is 4.44. The molecule has 5 heteroatoms. The van der Waals surface area contributed by atoms with Gasteiger partial charge < -0.3 is 20.6 Å². The smallest absolute Gasteiger partial charge is 0.233 e. The van der Waals surface area contributed by atoms with E-state index in [9.17, 15) is 0 Å². The molecule has 1 rings (SSSR count). The highest BCUT2D eigenvalue weighted by Gasteiger charge is 2.26. The lowest BCUT2D eigenvalue weighted by Crippen LogP contribution is -2.49. The fourth-order valence-electron chi connectivity index (χ4n) is 1.61. The molecule has 0 aromatic heterocycles. The zero-order chi connectivity index (χ0) is 9.84. The SMILES string of the molecule is COC1CN(C(N)=NO)CCC1C. The van der Waals surface area contributed by atoms with E-state index in [0.29, 0.717) is 12.5 Å². The molecule has 1 heterocycles. The molecule has 0 spiro atoms. The molecule has 1 aliphatic rings. The number of rotatable bonds is 1. The number of hydrogen-bond acceptors (Lipinski definition) is 3. The van der Waals surface area contributed by atoms with Crippen molar-refractivity contribution in [2.24, 2.45) is 16.8 Å². The van der Waals surface area contributed by atoms with Crippen LogP contribution < -0.4 is 5.73 Å². The molecule has 3 N–H and O–H groups in total. The number of guanidine groups is 1. The van der Waals surface area contributed by atoms with Crippen molar-refractivity contribution < 1.29 is 9.94 Å². The topological polar surface area (TPSA) is 71.1 Å². The van der Waals surface area contributed by atoms with E-state index in [2.05, 4.69) is 12.1 Å². The first-order chi connectivity index (χ1) is 6.19. The zero-order valence-electron chi connectivity index (χ0n) is 8.10. The highest BCUT2D eigenvalue weighted by atomic mass is 16.5. The Morgan fingerprint density at radius 2 is 2.38 bits per heavy atom. The predicted molar refractivity (Wildman–Crippen MR) is 49.6 cm³/mol. The van der Waals surface area contributed by atoms with E-state index in [1.807, 2.05) is 4.90 Å². The number of methoxy groups -OCH3 is 1. The van der Waals surface area contributed by atoms with Crippen molar-refractivity contribution >= 4 is 5.96 Å². The summed E-state index contributed by atoms with van der Waals surface area (Å²) in [5.74, 6) is 0.710. The van der Waals surface area contributed by atoms with E-state index in [4.69, 9.17) is 15.7 Å². The van der Waals surface area contributed by atoms with Crippen molar-refractivity contribution in [2.45, 2.75) is 19.4 Å². The molecule has 0 radical (unpaired) electrons. The first-order valence-electron chi connectivity index (χ1n) is 4.44. The van der Waals surface area contributed by atoms with Gasteiger partial charge in [0.15, 0.2) is 0 Å². The zero-order valence-corrected chi connectivity index (χ0v) is 8.10. The second kappa shape index (κ2) is 4.32. The Kier molecular flexibility index (Phi) is 3.36. The Bertz CT molecular complexity index is 196. The fourth-order valence-corrected chi connectivity index (χ4v) is 1.61. The number of ether oxygens (including phenoxy) is 1. The molecule has 5 nitrogen and oxygen atoms in total. The third kappa shape index (κ3) is 2.24. The molecule has 1 saturated heterocycles. The molecule has 1 fully saturated rings. The van der Waals surface area contributed by atoms with Gasteiger partial charge in [-0.3, -0.25) is 0 Å². The summed E-state index contributed by atoms with van der Waals surface area (Å²) >= 11 is 0. The van der Waals surface area contributed by atoms with E-state index < -0.39 is 0 Å². The van der Waals surface area contributed by atoms with E-state index in [1.165, 1.54) is 0 Å². The molecule has 76 valence electrons. The third-order valence-electron chi connectivity index (χ3n) is 2.62. The summed E-state index contributed by atoms with van der Waals surface area (Å²) < 4.78 is 5.29. The van der Waals surface area contributed by atoms with Crippen molar-refractivity contribution in [2.75, 3.05) is 20.2 Å². The number of nitrogens with zero attached hydrogens (tertiary/aromatic N) is 2. The Morgan fingerprint density at radius 3 is 2.92 bits per heavy atom. The molecule has 0 aliphatic carbocycles. The van der Waals surface area contributed by atoms with E-state index in [-0.39, 0.29) is 12.1 Å². The minimum absolute atomic E-state index is 0.175. The van der Waals surface area contributed by atoms with E-state index in [1.54, 1.807) is 7.11 Å².